The van der Waals surface area contributed by atoms with Gasteiger partial charge in [0, 0.05) is 44.5 Å². The number of amides is 1. The van der Waals surface area contributed by atoms with E-state index in [1.165, 1.54) is 30.3 Å². The molecule has 1 aromatic heterocycles. The van der Waals surface area contributed by atoms with Crippen LogP contribution in [-0.4, -0.2) is 71.0 Å². The first-order chi connectivity index (χ1) is 14.6. The van der Waals surface area contributed by atoms with E-state index < -0.39 is 19.7 Å². The minimum absolute atomic E-state index is 0. The van der Waals surface area contributed by atoms with Crippen molar-refractivity contribution in [1.29, 1.82) is 0 Å². The lowest BCUT2D eigenvalue weighted by molar-refractivity contribution is -0.128. The van der Waals surface area contributed by atoms with Crippen LogP contribution in [0.3, 0.4) is 0 Å². The van der Waals surface area contributed by atoms with Gasteiger partial charge < -0.3 is 15.5 Å². The Hall–Kier alpha value is -1.21. The lowest BCUT2D eigenvalue weighted by Gasteiger charge is -2.21. The van der Waals surface area contributed by atoms with Crippen LogP contribution >= 0.6 is 36.2 Å². The maximum Gasteiger partial charge on any atom is 0.219 e. The highest BCUT2D eigenvalue weighted by atomic mass is 35.5. The van der Waals surface area contributed by atoms with Crippen LogP contribution in [0.5, 0.6) is 0 Å². The predicted molar refractivity (Wildman–Crippen MR) is 134 cm³/mol. The van der Waals surface area contributed by atoms with Crippen molar-refractivity contribution in [3.8, 4) is 0 Å². The standard InChI is InChI=1S/C20H27N3O5S3.2ClH/c1-16(24)23-10-2-9-22(11-12-23)13-14-30(25,26)18-4-6-19(7-5-18)31(27,28)20-8-3-17(15-21)29-20;;/h3-8H,2,9-15,21H2,1H3;2*1H. The lowest BCUT2D eigenvalue weighted by Crippen LogP contribution is -2.35. The smallest absolute Gasteiger partial charge is 0.219 e. The average molecular weight is 559 g/mol. The van der Waals surface area contributed by atoms with Gasteiger partial charge in [0.1, 0.15) is 4.21 Å². The molecule has 1 aromatic carbocycles. The van der Waals surface area contributed by atoms with E-state index in [4.69, 9.17) is 5.73 Å². The van der Waals surface area contributed by atoms with E-state index in [0.29, 0.717) is 26.2 Å². The topological polar surface area (TPSA) is 118 Å². The Morgan fingerprint density at radius 1 is 0.939 bits per heavy atom. The SMILES string of the molecule is CC(=O)N1CCCN(CCS(=O)(=O)c2ccc(S(=O)(=O)c3ccc(CN)s3)cc2)CC1.Cl.Cl. The number of thiophene rings is 1. The molecule has 0 bridgehead atoms. The van der Waals surface area contributed by atoms with Gasteiger partial charge in [-0.2, -0.15) is 0 Å². The van der Waals surface area contributed by atoms with Crippen molar-refractivity contribution in [2.24, 2.45) is 5.73 Å². The van der Waals surface area contributed by atoms with Gasteiger partial charge in [0.2, 0.25) is 15.7 Å². The van der Waals surface area contributed by atoms with Crippen LogP contribution < -0.4 is 5.73 Å². The van der Waals surface area contributed by atoms with E-state index >= 15 is 0 Å². The summed E-state index contributed by atoms with van der Waals surface area (Å²) in [6, 6.07) is 8.55. The summed E-state index contributed by atoms with van der Waals surface area (Å²) in [6.45, 7) is 4.83. The molecule has 8 nitrogen and oxygen atoms in total. The number of rotatable bonds is 7. The first-order valence-corrected chi connectivity index (χ1v) is 13.9. The molecule has 0 radical (unpaired) electrons. The highest BCUT2D eigenvalue weighted by Crippen LogP contribution is 2.28. The summed E-state index contributed by atoms with van der Waals surface area (Å²) < 4.78 is 51.2. The molecule has 186 valence electrons. The predicted octanol–water partition coefficient (Wildman–Crippen LogP) is 2.21. The number of halogens is 2. The Labute approximate surface area is 211 Å². The molecule has 2 heterocycles. The molecule has 1 aliphatic rings. The molecule has 1 saturated heterocycles. The maximum atomic E-state index is 12.8. The number of nitrogens with zero attached hydrogens (tertiary/aromatic N) is 2. The molecule has 2 N–H and O–H groups in total. The van der Waals surface area contributed by atoms with Crippen LogP contribution in [0.2, 0.25) is 0 Å². The number of carbonyl (C=O) groups excluding carboxylic acids is 1. The molecule has 0 spiro atoms. The summed E-state index contributed by atoms with van der Waals surface area (Å²) in [5.74, 6) is -0.0319. The van der Waals surface area contributed by atoms with E-state index in [2.05, 4.69) is 0 Å². The van der Waals surface area contributed by atoms with Gasteiger partial charge in [-0.25, -0.2) is 16.8 Å². The summed E-state index contributed by atoms with van der Waals surface area (Å²) in [5.41, 5.74) is 5.55. The normalized spacial score (nSPS) is 15.3. The Kier molecular flexibility index (Phi) is 11.3. The molecule has 0 saturated carbocycles. The van der Waals surface area contributed by atoms with Crippen LogP contribution in [0.1, 0.15) is 18.2 Å². The van der Waals surface area contributed by atoms with Crippen molar-refractivity contribution in [3.05, 3.63) is 41.3 Å². The van der Waals surface area contributed by atoms with Crippen molar-refractivity contribution in [2.75, 3.05) is 38.5 Å². The van der Waals surface area contributed by atoms with Crippen molar-refractivity contribution in [3.63, 3.8) is 0 Å². The highest BCUT2D eigenvalue weighted by Gasteiger charge is 2.23. The number of benzene rings is 1. The lowest BCUT2D eigenvalue weighted by atomic mass is 10.4. The zero-order valence-electron chi connectivity index (χ0n) is 18.2. The largest absolute Gasteiger partial charge is 0.342 e. The highest BCUT2D eigenvalue weighted by molar-refractivity contribution is 7.93. The third-order valence-electron chi connectivity index (χ3n) is 5.31. The summed E-state index contributed by atoms with van der Waals surface area (Å²) in [4.78, 5) is 16.3. The quantitative estimate of drug-likeness (QED) is 0.554. The van der Waals surface area contributed by atoms with E-state index in [1.54, 1.807) is 17.9 Å². The second-order valence-electron chi connectivity index (χ2n) is 7.42. The fraction of sp³-hybridized carbons (Fsp3) is 0.450. The summed E-state index contributed by atoms with van der Waals surface area (Å²) in [7, 11) is -7.27. The number of hydrogen-bond donors (Lipinski definition) is 1. The molecule has 1 amide bonds. The molecule has 1 fully saturated rings. The Bertz CT molecular complexity index is 1140. The van der Waals surface area contributed by atoms with Crippen molar-refractivity contribution in [1.82, 2.24) is 9.80 Å². The van der Waals surface area contributed by atoms with Gasteiger partial charge in [-0.1, -0.05) is 0 Å². The second-order valence-corrected chi connectivity index (χ2v) is 12.9. The van der Waals surface area contributed by atoms with Gasteiger partial charge in [0.15, 0.2) is 9.84 Å². The van der Waals surface area contributed by atoms with Crippen LogP contribution in [0.15, 0.2) is 50.4 Å². The first-order valence-electron chi connectivity index (χ1n) is 9.98. The fourth-order valence-electron chi connectivity index (χ4n) is 3.43. The summed E-state index contributed by atoms with van der Waals surface area (Å²) in [6.07, 6.45) is 0.806. The molecule has 0 aliphatic carbocycles. The molecule has 0 unspecified atom stereocenters. The number of carbonyl (C=O) groups is 1. The maximum absolute atomic E-state index is 12.8. The number of hydrogen-bond acceptors (Lipinski definition) is 8. The monoisotopic (exact) mass is 557 g/mol. The molecular weight excluding hydrogens is 529 g/mol. The van der Waals surface area contributed by atoms with Gasteiger partial charge in [-0.3, -0.25) is 4.79 Å². The molecule has 3 rings (SSSR count). The molecule has 0 atom stereocenters. The molecule has 33 heavy (non-hydrogen) atoms. The van der Waals surface area contributed by atoms with Crippen molar-refractivity contribution in [2.45, 2.75) is 33.9 Å². The van der Waals surface area contributed by atoms with Crippen LogP contribution in [0.25, 0.3) is 0 Å². The first kappa shape index (κ1) is 29.8. The van der Waals surface area contributed by atoms with E-state index in [-0.39, 0.29) is 57.0 Å². The Balaban J connectivity index is 0.00000272. The molecule has 1 aliphatic heterocycles. The van der Waals surface area contributed by atoms with Crippen LogP contribution in [-0.2, 0) is 31.0 Å². The molecular formula is C20H29Cl2N3O5S3. The van der Waals surface area contributed by atoms with Crippen LogP contribution in [0, 0.1) is 0 Å². The zero-order chi connectivity index (χ0) is 22.6. The third kappa shape index (κ3) is 7.38. The van der Waals surface area contributed by atoms with Crippen molar-refractivity contribution < 1.29 is 21.6 Å². The van der Waals surface area contributed by atoms with Crippen LogP contribution in [0.4, 0.5) is 0 Å². The molecule has 13 heteroatoms. The fourth-order valence-corrected chi connectivity index (χ4v) is 7.35. The van der Waals surface area contributed by atoms with Crippen molar-refractivity contribution >= 4 is 61.7 Å². The molecule has 2 aromatic rings. The zero-order valence-corrected chi connectivity index (χ0v) is 22.3. The Morgan fingerprint density at radius 3 is 2.15 bits per heavy atom. The van der Waals surface area contributed by atoms with E-state index in [0.717, 1.165) is 29.2 Å². The van der Waals surface area contributed by atoms with E-state index in [1.807, 2.05) is 4.90 Å². The van der Waals surface area contributed by atoms with Gasteiger partial charge >= 0.3 is 0 Å². The van der Waals surface area contributed by atoms with Gasteiger partial charge in [-0.15, -0.1) is 36.2 Å². The average Bonchev–Trinajstić information content (AvgIpc) is 3.11. The minimum Gasteiger partial charge on any atom is -0.342 e. The van der Waals surface area contributed by atoms with Gasteiger partial charge in [-0.05, 0) is 49.4 Å². The third-order valence-corrected chi connectivity index (χ3v) is 10.4. The number of sulfone groups is 2. The Morgan fingerprint density at radius 2 is 1.58 bits per heavy atom. The van der Waals surface area contributed by atoms with E-state index in [9.17, 15) is 21.6 Å². The van der Waals surface area contributed by atoms with Gasteiger partial charge in [0.25, 0.3) is 0 Å². The minimum atomic E-state index is -3.71. The summed E-state index contributed by atoms with van der Waals surface area (Å²) in [5, 5.41) is 0. The summed E-state index contributed by atoms with van der Waals surface area (Å²) >= 11 is 1.11. The second kappa shape index (κ2) is 12.5. The number of nitrogens with two attached hydrogens (primary N) is 1. The van der Waals surface area contributed by atoms with Gasteiger partial charge in [0.05, 0.1) is 15.5 Å².